The van der Waals surface area contributed by atoms with Crippen LogP contribution in [-0.4, -0.2) is 0 Å². The maximum atomic E-state index is 2.84. The predicted molar refractivity (Wildman–Crippen MR) is 117 cm³/mol. The fraction of sp³-hybridized carbons (Fsp3) is 0.960. The summed E-state index contributed by atoms with van der Waals surface area (Å²) in [6.45, 7) is 9.32. The van der Waals surface area contributed by atoms with Crippen LogP contribution in [0.2, 0.25) is 0 Å². The summed E-state index contributed by atoms with van der Waals surface area (Å²) >= 11 is 0. The SMILES string of the molecule is CCCCCCC([CH]C(CCCCC)CCCCCC)CCCCC. The number of rotatable bonds is 20. The van der Waals surface area contributed by atoms with Gasteiger partial charge in [-0.3, -0.25) is 0 Å². The summed E-state index contributed by atoms with van der Waals surface area (Å²) in [5, 5.41) is 0. The van der Waals surface area contributed by atoms with Crippen LogP contribution >= 0.6 is 0 Å². The summed E-state index contributed by atoms with van der Waals surface area (Å²) in [6.07, 6.45) is 28.5. The van der Waals surface area contributed by atoms with E-state index in [9.17, 15) is 0 Å². The van der Waals surface area contributed by atoms with Gasteiger partial charge in [-0.15, -0.1) is 0 Å². The summed E-state index contributed by atoms with van der Waals surface area (Å²) in [7, 11) is 0. The topological polar surface area (TPSA) is 0 Å². The van der Waals surface area contributed by atoms with Crippen molar-refractivity contribution in [2.24, 2.45) is 11.8 Å². The largest absolute Gasteiger partial charge is 0.0654 e. The molecule has 2 unspecified atom stereocenters. The lowest BCUT2D eigenvalue weighted by atomic mass is 9.82. The van der Waals surface area contributed by atoms with Gasteiger partial charge in [-0.2, -0.15) is 0 Å². The van der Waals surface area contributed by atoms with Gasteiger partial charge >= 0.3 is 0 Å². The van der Waals surface area contributed by atoms with Gasteiger partial charge in [-0.25, -0.2) is 0 Å². The highest BCUT2D eigenvalue weighted by Gasteiger charge is 2.16. The summed E-state index contributed by atoms with van der Waals surface area (Å²) in [5.74, 6) is 1.81. The molecule has 0 aliphatic carbocycles. The molecule has 0 saturated carbocycles. The second-order valence-corrected chi connectivity index (χ2v) is 8.40. The van der Waals surface area contributed by atoms with E-state index < -0.39 is 0 Å². The van der Waals surface area contributed by atoms with Gasteiger partial charge in [-0.1, -0.05) is 143 Å². The van der Waals surface area contributed by atoms with E-state index in [1.807, 2.05) is 0 Å². The molecule has 0 aliphatic rings. The molecule has 0 amide bonds. The zero-order valence-corrected chi connectivity index (χ0v) is 18.5. The Morgan fingerprint density at radius 1 is 0.400 bits per heavy atom. The van der Waals surface area contributed by atoms with Crippen LogP contribution in [0.3, 0.4) is 0 Å². The first kappa shape index (κ1) is 25.0. The monoisotopic (exact) mass is 351 g/mol. The van der Waals surface area contributed by atoms with Crippen molar-refractivity contribution in [3.8, 4) is 0 Å². The molecule has 25 heavy (non-hydrogen) atoms. The molecule has 2 atom stereocenters. The van der Waals surface area contributed by atoms with Gasteiger partial charge in [0.2, 0.25) is 0 Å². The zero-order chi connectivity index (χ0) is 18.6. The van der Waals surface area contributed by atoms with Gasteiger partial charge in [0, 0.05) is 0 Å². The normalized spacial score (nSPS) is 13.9. The Bertz CT molecular complexity index is 208. The third-order valence-electron chi connectivity index (χ3n) is 5.76. The van der Waals surface area contributed by atoms with Crippen molar-refractivity contribution in [2.75, 3.05) is 0 Å². The third kappa shape index (κ3) is 17.2. The molecule has 0 aliphatic heterocycles. The Balaban J connectivity index is 4.36. The highest BCUT2D eigenvalue weighted by molar-refractivity contribution is 4.84. The molecule has 0 rings (SSSR count). The molecule has 151 valence electrons. The molecule has 0 aromatic carbocycles. The lowest BCUT2D eigenvalue weighted by Gasteiger charge is -2.24. The van der Waals surface area contributed by atoms with Gasteiger partial charge in [0.15, 0.2) is 0 Å². The molecule has 0 saturated heterocycles. The number of unbranched alkanes of at least 4 members (excludes halogenated alkanes) is 10. The number of hydrogen-bond donors (Lipinski definition) is 0. The van der Waals surface area contributed by atoms with Gasteiger partial charge in [0.1, 0.15) is 0 Å². The maximum absolute atomic E-state index is 2.84. The Kier molecular flexibility index (Phi) is 20.3. The molecular formula is C25H51. The molecule has 0 N–H and O–H groups in total. The Morgan fingerprint density at radius 3 is 1.00 bits per heavy atom. The summed E-state index contributed by atoms with van der Waals surface area (Å²) in [6, 6.07) is 0. The van der Waals surface area contributed by atoms with E-state index in [-0.39, 0.29) is 0 Å². The lowest BCUT2D eigenvalue weighted by molar-refractivity contribution is 0.368. The minimum Gasteiger partial charge on any atom is -0.0654 e. The van der Waals surface area contributed by atoms with E-state index in [4.69, 9.17) is 0 Å². The lowest BCUT2D eigenvalue weighted by Crippen LogP contribution is -2.11. The molecule has 0 spiro atoms. The molecule has 0 bridgehead atoms. The average Bonchev–Trinajstić information content (AvgIpc) is 2.62. The summed E-state index contributed by atoms with van der Waals surface area (Å²) in [5.41, 5.74) is 0. The van der Waals surface area contributed by atoms with Crippen LogP contribution < -0.4 is 0 Å². The second-order valence-electron chi connectivity index (χ2n) is 8.40. The third-order valence-corrected chi connectivity index (χ3v) is 5.76. The van der Waals surface area contributed by atoms with Crippen molar-refractivity contribution in [2.45, 2.75) is 143 Å². The standard InChI is InChI=1S/C25H51/c1-5-9-13-17-21-24(19-15-11-7-3)23-25(20-16-12-8-4)22-18-14-10-6-2/h23-25H,5-22H2,1-4H3. The second kappa shape index (κ2) is 20.3. The number of hydrogen-bond acceptors (Lipinski definition) is 0. The van der Waals surface area contributed by atoms with E-state index in [1.165, 1.54) is 116 Å². The van der Waals surface area contributed by atoms with Gasteiger partial charge in [0.05, 0.1) is 0 Å². The Labute approximate surface area is 161 Å². The Morgan fingerprint density at radius 2 is 0.680 bits per heavy atom. The smallest absolute Gasteiger partial charge is 0.0324 e. The van der Waals surface area contributed by atoms with Crippen LogP contribution in [0.1, 0.15) is 143 Å². The fourth-order valence-electron chi connectivity index (χ4n) is 4.04. The summed E-state index contributed by atoms with van der Waals surface area (Å²) < 4.78 is 0. The van der Waals surface area contributed by atoms with E-state index >= 15 is 0 Å². The van der Waals surface area contributed by atoms with Crippen molar-refractivity contribution in [3.63, 3.8) is 0 Å². The molecule has 0 aromatic heterocycles. The van der Waals surface area contributed by atoms with Crippen LogP contribution in [0.4, 0.5) is 0 Å². The highest BCUT2D eigenvalue weighted by atomic mass is 14.2. The van der Waals surface area contributed by atoms with Crippen LogP contribution in [-0.2, 0) is 0 Å². The van der Waals surface area contributed by atoms with Crippen molar-refractivity contribution < 1.29 is 0 Å². The van der Waals surface area contributed by atoms with Crippen molar-refractivity contribution in [3.05, 3.63) is 6.42 Å². The molecule has 1 radical (unpaired) electrons. The Hall–Kier alpha value is 0. The first-order valence-electron chi connectivity index (χ1n) is 12.1. The molecule has 0 heterocycles. The fourth-order valence-corrected chi connectivity index (χ4v) is 4.04. The predicted octanol–water partition coefficient (Wildman–Crippen LogP) is 9.52. The molecular weight excluding hydrogens is 300 g/mol. The van der Waals surface area contributed by atoms with Gasteiger partial charge in [0.25, 0.3) is 0 Å². The maximum Gasteiger partial charge on any atom is -0.0324 e. The van der Waals surface area contributed by atoms with Crippen LogP contribution in [0.5, 0.6) is 0 Å². The van der Waals surface area contributed by atoms with E-state index in [2.05, 4.69) is 34.1 Å². The molecule has 0 heteroatoms. The first-order chi connectivity index (χ1) is 12.3. The molecule has 0 fully saturated rings. The quantitative estimate of drug-likeness (QED) is 0.191. The molecule has 0 aromatic rings. The van der Waals surface area contributed by atoms with Crippen molar-refractivity contribution >= 4 is 0 Å². The minimum atomic E-state index is 0.904. The van der Waals surface area contributed by atoms with Crippen LogP contribution in [0.25, 0.3) is 0 Å². The van der Waals surface area contributed by atoms with Crippen LogP contribution in [0, 0.1) is 18.3 Å². The summed E-state index contributed by atoms with van der Waals surface area (Å²) in [4.78, 5) is 0. The van der Waals surface area contributed by atoms with Gasteiger partial charge in [-0.05, 0) is 18.3 Å². The molecule has 0 nitrogen and oxygen atoms in total. The minimum absolute atomic E-state index is 0.904. The average molecular weight is 352 g/mol. The van der Waals surface area contributed by atoms with E-state index in [0.717, 1.165) is 11.8 Å². The first-order valence-corrected chi connectivity index (χ1v) is 12.1. The van der Waals surface area contributed by atoms with E-state index in [0.29, 0.717) is 0 Å². The van der Waals surface area contributed by atoms with Gasteiger partial charge < -0.3 is 0 Å². The van der Waals surface area contributed by atoms with Crippen LogP contribution in [0.15, 0.2) is 0 Å². The van der Waals surface area contributed by atoms with Crippen molar-refractivity contribution in [1.82, 2.24) is 0 Å². The zero-order valence-electron chi connectivity index (χ0n) is 18.5. The highest BCUT2D eigenvalue weighted by Crippen LogP contribution is 2.29. The van der Waals surface area contributed by atoms with E-state index in [1.54, 1.807) is 0 Å². The van der Waals surface area contributed by atoms with Crippen molar-refractivity contribution in [1.29, 1.82) is 0 Å².